The Morgan fingerprint density at radius 1 is 1.59 bits per heavy atom. The van der Waals surface area contributed by atoms with Crippen molar-refractivity contribution in [3.8, 4) is 0 Å². The maximum absolute atomic E-state index is 12.0. The van der Waals surface area contributed by atoms with Crippen LogP contribution in [0.4, 0.5) is 4.79 Å². The highest BCUT2D eigenvalue weighted by molar-refractivity contribution is 5.69. The first-order valence-electron chi connectivity index (χ1n) is 5.76. The Bertz CT molecular complexity index is 330. The first kappa shape index (κ1) is 12.4. The van der Waals surface area contributed by atoms with E-state index in [-0.39, 0.29) is 12.1 Å². The smallest absolute Gasteiger partial charge is 0.411 e. The van der Waals surface area contributed by atoms with E-state index in [2.05, 4.69) is 6.58 Å². The third kappa shape index (κ3) is 2.45. The van der Waals surface area contributed by atoms with Gasteiger partial charge in [0.25, 0.3) is 0 Å². The predicted molar refractivity (Wildman–Crippen MR) is 61.6 cm³/mol. The fourth-order valence-electron chi connectivity index (χ4n) is 1.81. The van der Waals surface area contributed by atoms with Gasteiger partial charge in [-0.2, -0.15) is 0 Å². The van der Waals surface area contributed by atoms with Crippen molar-refractivity contribution in [2.75, 3.05) is 19.8 Å². The SMILES string of the molecule is C=CCN(C(=O)OC(C)(C)C)[C@H]1COC12CO2. The van der Waals surface area contributed by atoms with Crippen molar-refractivity contribution in [2.45, 2.75) is 38.2 Å². The van der Waals surface area contributed by atoms with Crippen LogP contribution in [-0.4, -0.2) is 48.2 Å². The topological polar surface area (TPSA) is 51.3 Å². The number of hydrogen-bond donors (Lipinski definition) is 0. The van der Waals surface area contributed by atoms with Crippen LogP contribution in [0.15, 0.2) is 12.7 Å². The van der Waals surface area contributed by atoms with E-state index in [9.17, 15) is 4.79 Å². The normalized spacial score (nSPS) is 30.6. The molecule has 5 heteroatoms. The van der Waals surface area contributed by atoms with Crippen LogP contribution in [-0.2, 0) is 14.2 Å². The van der Waals surface area contributed by atoms with E-state index in [0.717, 1.165) is 0 Å². The molecule has 2 aliphatic heterocycles. The zero-order valence-corrected chi connectivity index (χ0v) is 10.6. The van der Waals surface area contributed by atoms with Crippen molar-refractivity contribution < 1.29 is 19.0 Å². The first-order chi connectivity index (χ1) is 7.88. The van der Waals surface area contributed by atoms with Crippen LogP contribution in [0.5, 0.6) is 0 Å². The number of rotatable bonds is 3. The zero-order valence-electron chi connectivity index (χ0n) is 10.6. The number of carbonyl (C=O) groups excluding carboxylic acids is 1. The Kier molecular flexibility index (Phi) is 2.91. The second kappa shape index (κ2) is 3.99. The fraction of sp³-hybridized carbons (Fsp3) is 0.750. The number of ether oxygens (including phenoxy) is 3. The molecule has 2 heterocycles. The number of amides is 1. The summed E-state index contributed by atoms with van der Waals surface area (Å²) in [7, 11) is 0. The Hall–Kier alpha value is -1.07. The van der Waals surface area contributed by atoms with Crippen molar-refractivity contribution in [2.24, 2.45) is 0 Å². The van der Waals surface area contributed by atoms with Crippen LogP contribution in [0.25, 0.3) is 0 Å². The monoisotopic (exact) mass is 241 g/mol. The highest BCUT2D eigenvalue weighted by Gasteiger charge is 2.63. The van der Waals surface area contributed by atoms with Crippen molar-refractivity contribution in [3.63, 3.8) is 0 Å². The Balaban J connectivity index is 2.01. The molecule has 2 atom stereocenters. The summed E-state index contributed by atoms with van der Waals surface area (Å²) in [5.41, 5.74) is -0.501. The van der Waals surface area contributed by atoms with E-state index < -0.39 is 11.4 Å². The Morgan fingerprint density at radius 3 is 2.59 bits per heavy atom. The molecule has 0 saturated carbocycles. The first-order valence-corrected chi connectivity index (χ1v) is 5.76. The van der Waals surface area contributed by atoms with Crippen LogP contribution in [0.1, 0.15) is 20.8 Å². The number of nitrogens with zero attached hydrogens (tertiary/aromatic N) is 1. The molecule has 2 saturated heterocycles. The molecule has 0 aromatic carbocycles. The molecule has 0 aromatic heterocycles. The van der Waals surface area contributed by atoms with Crippen LogP contribution in [0.2, 0.25) is 0 Å². The summed E-state index contributed by atoms with van der Waals surface area (Å²) in [6.07, 6.45) is 1.33. The number of epoxide rings is 1. The summed E-state index contributed by atoms with van der Waals surface area (Å²) < 4.78 is 15.9. The molecule has 1 spiro atoms. The molecule has 2 aliphatic rings. The summed E-state index contributed by atoms with van der Waals surface area (Å²) in [6, 6.07) is -0.0599. The van der Waals surface area contributed by atoms with E-state index >= 15 is 0 Å². The van der Waals surface area contributed by atoms with Gasteiger partial charge in [-0.1, -0.05) is 6.08 Å². The van der Waals surface area contributed by atoms with E-state index in [1.54, 1.807) is 11.0 Å². The molecule has 1 unspecified atom stereocenters. The van der Waals surface area contributed by atoms with Gasteiger partial charge in [-0.05, 0) is 20.8 Å². The summed E-state index contributed by atoms with van der Waals surface area (Å²) in [6.45, 7) is 10.7. The van der Waals surface area contributed by atoms with Crippen LogP contribution >= 0.6 is 0 Å². The molecule has 17 heavy (non-hydrogen) atoms. The van der Waals surface area contributed by atoms with E-state index in [1.165, 1.54) is 0 Å². The molecule has 0 N–H and O–H groups in total. The van der Waals surface area contributed by atoms with Crippen molar-refractivity contribution in [1.29, 1.82) is 0 Å². The van der Waals surface area contributed by atoms with Crippen molar-refractivity contribution in [3.05, 3.63) is 12.7 Å². The van der Waals surface area contributed by atoms with Gasteiger partial charge in [0.05, 0.1) is 6.61 Å². The zero-order chi connectivity index (χ0) is 12.7. The van der Waals surface area contributed by atoms with Gasteiger partial charge in [0.1, 0.15) is 18.2 Å². The van der Waals surface area contributed by atoms with Gasteiger partial charge in [0.2, 0.25) is 5.79 Å². The third-order valence-electron chi connectivity index (χ3n) is 2.75. The minimum absolute atomic E-state index is 0.0599. The quantitative estimate of drug-likeness (QED) is 0.555. The Labute approximate surface area is 101 Å². The molecule has 0 radical (unpaired) electrons. The summed E-state index contributed by atoms with van der Waals surface area (Å²) in [5, 5.41) is 0. The van der Waals surface area contributed by atoms with Crippen LogP contribution in [0.3, 0.4) is 0 Å². The van der Waals surface area contributed by atoms with Gasteiger partial charge in [0.15, 0.2) is 0 Å². The lowest BCUT2D eigenvalue weighted by atomic mass is 10.1. The average molecular weight is 241 g/mol. The number of hydrogen-bond acceptors (Lipinski definition) is 4. The molecular weight excluding hydrogens is 222 g/mol. The largest absolute Gasteiger partial charge is 0.444 e. The van der Waals surface area contributed by atoms with E-state index in [1.807, 2.05) is 20.8 Å². The summed E-state index contributed by atoms with van der Waals surface area (Å²) in [5.74, 6) is -0.556. The predicted octanol–water partition coefficient (Wildman–Crippen LogP) is 1.53. The van der Waals surface area contributed by atoms with Crippen LogP contribution < -0.4 is 0 Å². The van der Waals surface area contributed by atoms with E-state index in [0.29, 0.717) is 19.8 Å². The van der Waals surface area contributed by atoms with Crippen molar-refractivity contribution >= 4 is 6.09 Å². The van der Waals surface area contributed by atoms with Gasteiger partial charge < -0.3 is 14.2 Å². The highest BCUT2D eigenvalue weighted by Crippen LogP contribution is 2.43. The maximum atomic E-state index is 12.0. The number of carbonyl (C=O) groups is 1. The highest BCUT2D eigenvalue weighted by atomic mass is 16.8. The second-order valence-corrected chi connectivity index (χ2v) is 5.35. The van der Waals surface area contributed by atoms with Gasteiger partial charge in [-0.25, -0.2) is 4.79 Å². The molecule has 1 amide bonds. The summed E-state index contributed by atoms with van der Waals surface area (Å²) >= 11 is 0. The molecule has 5 nitrogen and oxygen atoms in total. The molecule has 0 aliphatic carbocycles. The minimum Gasteiger partial charge on any atom is -0.444 e. The molecule has 2 rings (SSSR count). The van der Waals surface area contributed by atoms with E-state index in [4.69, 9.17) is 14.2 Å². The van der Waals surface area contributed by atoms with Gasteiger partial charge >= 0.3 is 6.09 Å². The third-order valence-corrected chi connectivity index (χ3v) is 2.75. The second-order valence-electron chi connectivity index (χ2n) is 5.35. The van der Waals surface area contributed by atoms with Crippen LogP contribution in [0, 0.1) is 0 Å². The lowest BCUT2D eigenvalue weighted by Crippen LogP contribution is -2.61. The molecule has 2 fully saturated rings. The van der Waals surface area contributed by atoms with Gasteiger partial charge in [-0.15, -0.1) is 6.58 Å². The maximum Gasteiger partial charge on any atom is 0.411 e. The van der Waals surface area contributed by atoms with Gasteiger partial charge in [-0.3, -0.25) is 4.90 Å². The molecule has 0 bridgehead atoms. The van der Waals surface area contributed by atoms with Gasteiger partial charge in [0, 0.05) is 6.54 Å². The average Bonchev–Trinajstić information content (AvgIpc) is 2.93. The minimum atomic E-state index is -0.556. The lowest BCUT2D eigenvalue weighted by Gasteiger charge is -2.42. The molecular formula is C12H19NO4. The lowest BCUT2D eigenvalue weighted by molar-refractivity contribution is -0.199. The summed E-state index contributed by atoms with van der Waals surface area (Å²) in [4.78, 5) is 13.7. The van der Waals surface area contributed by atoms with Crippen molar-refractivity contribution in [1.82, 2.24) is 4.90 Å². The molecule has 96 valence electrons. The standard InChI is InChI=1S/C12H19NO4/c1-5-6-13(10(14)17-11(2,3)4)9-7-15-12(9)8-16-12/h5,9H,1,6-8H2,2-4H3/t9-,12?/m0/s1. The Morgan fingerprint density at radius 2 is 2.24 bits per heavy atom. The fourth-order valence-corrected chi connectivity index (χ4v) is 1.81. The molecule has 0 aromatic rings.